The molecule has 3 nitrogen and oxygen atoms in total. The first-order valence-electron chi connectivity index (χ1n) is 8.79. The van der Waals surface area contributed by atoms with Gasteiger partial charge in [-0.05, 0) is 55.5 Å². The van der Waals surface area contributed by atoms with Gasteiger partial charge in [-0.3, -0.25) is 0 Å². The van der Waals surface area contributed by atoms with E-state index in [-0.39, 0.29) is 5.82 Å². The van der Waals surface area contributed by atoms with Gasteiger partial charge in [-0.2, -0.15) is 0 Å². The minimum atomic E-state index is -0.214. The Kier molecular flexibility index (Phi) is 5.07. The molecule has 0 saturated carbocycles. The Morgan fingerprint density at radius 3 is 2.52 bits per heavy atom. The SMILES string of the molecule is Cc1c(C)n(Cc2ccc(F)cc2)c2c(OCCC(C)C)nccc12. The van der Waals surface area contributed by atoms with Gasteiger partial charge in [0.2, 0.25) is 5.88 Å². The van der Waals surface area contributed by atoms with Crippen LogP contribution in [0.25, 0.3) is 10.9 Å². The van der Waals surface area contributed by atoms with Crippen LogP contribution in [-0.2, 0) is 6.54 Å². The number of halogens is 1. The maximum absolute atomic E-state index is 13.2. The molecule has 0 atom stereocenters. The topological polar surface area (TPSA) is 27.1 Å². The number of fused-ring (bicyclic) bond motifs is 1. The van der Waals surface area contributed by atoms with Crippen LogP contribution in [0.15, 0.2) is 36.5 Å². The van der Waals surface area contributed by atoms with Crippen molar-refractivity contribution in [3.8, 4) is 5.88 Å². The molecule has 0 aliphatic rings. The molecule has 2 heterocycles. The maximum atomic E-state index is 13.2. The molecule has 132 valence electrons. The summed E-state index contributed by atoms with van der Waals surface area (Å²) in [5.74, 6) is 1.05. The average molecular weight is 340 g/mol. The number of hydrogen-bond acceptors (Lipinski definition) is 2. The van der Waals surface area contributed by atoms with Gasteiger partial charge in [0.05, 0.1) is 6.61 Å². The summed E-state index contributed by atoms with van der Waals surface area (Å²) >= 11 is 0. The monoisotopic (exact) mass is 340 g/mol. The van der Waals surface area contributed by atoms with Crippen LogP contribution in [0.5, 0.6) is 5.88 Å². The van der Waals surface area contributed by atoms with Crippen molar-refractivity contribution in [1.29, 1.82) is 0 Å². The first kappa shape index (κ1) is 17.5. The number of aryl methyl sites for hydroxylation is 1. The molecule has 3 aromatic rings. The van der Waals surface area contributed by atoms with Crippen molar-refractivity contribution < 1.29 is 9.13 Å². The lowest BCUT2D eigenvalue weighted by Crippen LogP contribution is -2.07. The molecule has 25 heavy (non-hydrogen) atoms. The van der Waals surface area contributed by atoms with E-state index in [2.05, 4.69) is 37.2 Å². The predicted molar refractivity (Wildman–Crippen MR) is 99.7 cm³/mol. The van der Waals surface area contributed by atoms with Crippen LogP contribution in [0, 0.1) is 25.6 Å². The number of ether oxygens (including phenoxy) is 1. The Morgan fingerprint density at radius 1 is 1.12 bits per heavy atom. The highest BCUT2D eigenvalue weighted by atomic mass is 19.1. The summed E-state index contributed by atoms with van der Waals surface area (Å²) in [7, 11) is 0. The molecule has 3 rings (SSSR count). The van der Waals surface area contributed by atoms with E-state index >= 15 is 0 Å². The summed E-state index contributed by atoms with van der Waals surface area (Å²) in [4.78, 5) is 4.47. The summed E-state index contributed by atoms with van der Waals surface area (Å²) in [6, 6.07) is 8.69. The second-order valence-electron chi connectivity index (χ2n) is 6.97. The van der Waals surface area contributed by atoms with Crippen LogP contribution < -0.4 is 4.74 Å². The van der Waals surface area contributed by atoms with Crippen LogP contribution in [0.4, 0.5) is 4.39 Å². The molecule has 1 aromatic carbocycles. The molecule has 0 radical (unpaired) electrons. The first-order valence-corrected chi connectivity index (χ1v) is 8.79. The van der Waals surface area contributed by atoms with E-state index in [4.69, 9.17) is 4.74 Å². The lowest BCUT2D eigenvalue weighted by molar-refractivity contribution is 0.281. The van der Waals surface area contributed by atoms with Gasteiger partial charge in [0.1, 0.15) is 11.3 Å². The Balaban J connectivity index is 2.01. The van der Waals surface area contributed by atoms with Gasteiger partial charge in [0.15, 0.2) is 0 Å². The average Bonchev–Trinajstić information content (AvgIpc) is 2.82. The molecule has 0 amide bonds. The summed E-state index contributed by atoms with van der Waals surface area (Å²) in [6.07, 6.45) is 2.80. The number of pyridine rings is 1. The van der Waals surface area contributed by atoms with Crippen molar-refractivity contribution >= 4 is 10.9 Å². The van der Waals surface area contributed by atoms with E-state index in [9.17, 15) is 4.39 Å². The predicted octanol–water partition coefficient (Wildman–Crippen LogP) is 5.27. The highest BCUT2D eigenvalue weighted by Crippen LogP contribution is 2.31. The smallest absolute Gasteiger partial charge is 0.238 e. The Labute approximate surface area is 148 Å². The van der Waals surface area contributed by atoms with Crippen LogP contribution in [0.2, 0.25) is 0 Å². The van der Waals surface area contributed by atoms with Crippen LogP contribution in [-0.4, -0.2) is 16.2 Å². The zero-order valence-electron chi connectivity index (χ0n) is 15.3. The largest absolute Gasteiger partial charge is 0.476 e. The van der Waals surface area contributed by atoms with Crippen LogP contribution in [0.1, 0.15) is 37.1 Å². The summed E-state index contributed by atoms with van der Waals surface area (Å²) in [5, 5.41) is 1.16. The molecule has 4 heteroatoms. The molecular formula is C21H25FN2O. The molecule has 0 bridgehead atoms. The molecule has 2 aromatic heterocycles. The maximum Gasteiger partial charge on any atom is 0.238 e. The molecular weight excluding hydrogens is 315 g/mol. The zero-order valence-corrected chi connectivity index (χ0v) is 15.3. The summed E-state index contributed by atoms with van der Waals surface area (Å²) < 4.78 is 21.4. The third-order valence-corrected chi connectivity index (χ3v) is 4.70. The third kappa shape index (κ3) is 3.68. The van der Waals surface area contributed by atoms with Gasteiger partial charge in [-0.25, -0.2) is 9.37 Å². The quantitative estimate of drug-likeness (QED) is 0.611. The zero-order chi connectivity index (χ0) is 18.0. The number of hydrogen-bond donors (Lipinski definition) is 0. The van der Waals surface area contributed by atoms with E-state index in [1.54, 1.807) is 0 Å². The molecule has 0 unspecified atom stereocenters. The lowest BCUT2D eigenvalue weighted by atomic mass is 10.1. The van der Waals surface area contributed by atoms with Crippen molar-refractivity contribution in [1.82, 2.24) is 9.55 Å². The van der Waals surface area contributed by atoms with E-state index < -0.39 is 0 Å². The van der Waals surface area contributed by atoms with Crippen LogP contribution in [0.3, 0.4) is 0 Å². The standard InChI is InChI=1S/C21H25FN2O/c1-14(2)10-12-25-21-20-19(9-11-23-21)15(3)16(4)24(20)13-17-5-7-18(22)8-6-17/h5-9,11,14H,10,12-13H2,1-4H3. The fraction of sp³-hybridized carbons (Fsp3) is 0.381. The van der Waals surface area contributed by atoms with Crippen molar-refractivity contribution in [2.45, 2.75) is 40.7 Å². The molecule has 0 fully saturated rings. The molecule has 0 saturated heterocycles. The van der Waals surface area contributed by atoms with E-state index in [0.717, 1.165) is 22.9 Å². The normalized spacial score (nSPS) is 11.4. The Bertz CT molecular complexity index is 866. The van der Waals surface area contributed by atoms with Gasteiger partial charge in [-0.15, -0.1) is 0 Å². The lowest BCUT2D eigenvalue weighted by Gasteiger charge is -2.13. The molecule has 0 N–H and O–H groups in total. The fourth-order valence-electron chi connectivity index (χ4n) is 3.03. The second kappa shape index (κ2) is 7.26. The van der Waals surface area contributed by atoms with Gasteiger partial charge in [0.25, 0.3) is 0 Å². The van der Waals surface area contributed by atoms with Gasteiger partial charge in [-0.1, -0.05) is 26.0 Å². The van der Waals surface area contributed by atoms with Crippen molar-refractivity contribution in [3.63, 3.8) is 0 Å². The van der Waals surface area contributed by atoms with Crippen LogP contribution >= 0.6 is 0 Å². The molecule has 0 aliphatic carbocycles. The van der Waals surface area contributed by atoms with E-state index in [1.807, 2.05) is 24.4 Å². The first-order chi connectivity index (χ1) is 12.0. The minimum Gasteiger partial charge on any atom is -0.476 e. The Hall–Kier alpha value is -2.36. The Morgan fingerprint density at radius 2 is 1.84 bits per heavy atom. The van der Waals surface area contributed by atoms with Gasteiger partial charge in [0, 0.05) is 23.8 Å². The third-order valence-electron chi connectivity index (χ3n) is 4.70. The van der Waals surface area contributed by atoms with Crippen molar-refractivity contribution in [2.75, 3.05) is 6.61 Å². The van der Waals surface area contributed by atoms with E-state index in [0.29, 0.717) is 24.9 Å². The van der Waals surface area contributed by atoms with E-state index in [1.165, 1.54) is 23.4 Å². The van der Waals surface area contributed by atoms with Crippen molar-refractivity contribution in [3.05, 3.63) is 59.2 Å². The second-order valence-corrected chi connectivity index (χ2v) is 6.97. The number of benzene rings is 1. The summed E-state index contributed by atoms with van der Waals surface area (Å²) in [5.41, 5.74) is 4.48. The minimum absolute atomic E-state index is 0.214. The van der Waals surface area contributed by atoms with Gasteiger partial charge < -0.3 is 9.30 Å². The number of aromatic nitrogens is 2. The highest BCUT2D eigenvalue weighted by Gasteiger charge is 2.16. The van der Waals surface area contributed by atoms with Crippen molar-refractivity contribution in [2.24, 2.45) is 5.92 Å². The molecule has 0 spiro atoms. The fourth-order valence-corrected chi connectivity index (χ4v) is 3.03. The number of nitrogens with zero attached hydrogens (tertiary/aromatic N) is 2. The summed E-state index contributed by atoms with van der Waals surface area (Å²) in [6.45, 7) is 9.92. The van der Waals surface area contributed by atoms with Gasteiger partial charge >= 0.3 is 0 Å². The highest BCUT2D eigenvalue weighted by molar-refractivity contribution is 5.89. The number of rotatable bonds is 6. The molecule has 0 aliphatic heterocycles.